The maximum atomic E-state index is 11.2. The van der Waals surface area contributed by atoms with Crippen molar-refractivity contribution in [3.8, 4) is 5.75 Å². The number of phenolic OH excluding ortho intramolecular Hbond substituents is 1. The Balaban J connectivity index is 2.37. The molecule has 1 amide bonds. The first-order valence-electron chi connectivity index (χ1n) is 7.97. The van der Waals surface area contributed by atoms with Crippen LogP contribution in [0, 0.1) is 10.8 Å². The second kappa shape index (κ2) is 8.13. The van der Waals surface area contributed by atoms with E-state index in [1.807, 2.05) is 13.8 Å². The number of nitrogen functional groups attached to an aromatic ring is 1. The van der Waals surface area contributed by atoms with Crippen molar-refractivity contribution in [2.75, 3.05) is 18.2 Å². The number of nitrogens with one attached hydrogen (secondary N) is 4. The van der Waals surface area contributed by atoms with E-state index in [0.717, 1.165) is 0 Å². The molecule has 1 heterocycles. The zero-order valence-corrected chi connectivity index (χ0v) is 15.1. The number of ether oxygens (including phenoxy) is 1. The second-order valence-corrected chi connectivity index (χ2v) is 5.88. The van der Waals surface area contributed by atoms with Gasteiger partial charge >= 0.3 is 6.09 Å². The van der Waals surface area contributed by atoms with Crippen molar-refractivity contribution in [2.45, 2.75) is 19.9 Å². The van der Waals surface area contributed by atoms with Crippen LogP contribution in [0.15, 0.2) is 24.5 Å². The van der Waals surface area contributed by atoms with Gasteiger partial charge in [0.2, 0.25) is 0 Å². The van der Waals surface area contributed by atoms with Crippen molar-refractivity contribution < 1.29 is 14.6 Å². The van der Waals surface area contributed by atoms with Crippen LogP contribution in [-0.4, -0.2) is 45.9 Å². The van der Waals surface area contributed by atoms with Crippen LogP contribution in [0.1, 0.15) is 30.5 Å². The first-order chi connectivity index (χ1) is 12.7. The van der Waals surface area contributed by atoms with E-state index >= 15 is 0 Å². The van der Waals surface area contributed by atoms with Gasteiger partial charge < -0.3 is 20.9 Å². The smallest absolute Gasteiger partial charge is 0.412 e. The van der Waals surface area contributed by atoms with Gasteiger partial charge in [0, 0.05) is 11.6 Å². The summed E-state index contributed by atoms with van der Waals surface area (Å²) in [5, 5.41) is 31.8. The molecule has 10 nitrogen and oxygen atoms in total. The van der Waals surface area contributed by atoms with Gasteiger partial charge in [-0.15, -0.1) is 0 Å². The van der Waals surface area contributed by atoms with E-state index < -0.39 is 6.09 Å². The summed E-state index contributed by atoms with van der Waals surface area (Å²) in [6, 6.07) is 4.30. The minimum Gasteiger partial charge on any atom is -0.507 e. The first kappa shape index (κ1) is 19.6. The van der Waals surface area contributed by atoms with Gasteiger partial charge in [0.15, 0.2) is 0 Å². The van der Waals surface area contributed by atoms with Gasteiger partial charge in [-0.25, -0.2) is 14.8 Å². The summed E-state index contributed by atoms with van der Waals surface area (Å²) in [6.07, 6.45) is 0.479. The molecule has 10 heteroatoms. The molecule has 0 saturated carbocycles. The summed E-state index contributed by atoms with van der Waals surface area (Å²) in [7, 11) is 1.17. The fraction of sp³-hybridized carbons (Fsp3) is 0.235. The van der Waals surface area contributed by atoms with E-state index in [1.54, 1.807) is 0 Å². The molecule has 0 aliphatic rings. The van der Waals surface area contributed by atoms with Crippen LogP contribution in [0.5, 0.6) is 5.75 Å². The van der Waals surface area contributed by atoms with Crippen molar-refractivity contribution in [3.63, 3.8) is 0 Å². The fourth-order valence-electron chi connectivity index (χ4n) is 2.29. The SMILES string of the molecule is COC(=O)NC(=N)c1ccc(C(=N)c2c(N)ncnc2NC(C)C)cc1O. The monoisotopic (exact) mass is 371 g/mol. The van der Waals surface area contributed by atoms with Gasteiger partial charge in [0.25, 0.3) is 0 Å². The molecular weight excluding hydrogens is 350 g/mol. The molecule has 2 rings (SSSR count). The molecule has 7 N–H and O–H groups in total. The Morgan fingerprint density at radius 1 is 1.30 bits per heavy atom. The standard InChI is InChI=1S/C17H21N7O3/c1-8(2)23-16-12(15(20)21-7-22-16)13(18)9-4-5-10(11(25)6-9)14(19)24-17(26)27-3/h4-8,18,25H,1-3H3,(H2,19,24,26)(H3,20,21,22,23). The molecule has 1 aromatic heterocycles. The number of carbonyl (C=O) groups is 1. The molecule has 0 aliphatic heterocycles. The van der Waals surface area contributed by atoms with Crippen LogP contribution < -0.4 is 16.4 Å². The number of aromatic nitrogens is 2. The number of hydrogen-bond donors (Lipinski definition) is 6. The third-order valence-electron chi connectivity index (χ3n) is 3.52. The summed E-state index contributed by atoms with van der Waals surface area (Å²) in [4.78, 5) is 19.3. The molecule has 0 radical (unpaired) electrons. The number of nitrogens with zero attached hydrogens (tertiary/aromatic N) is 2. The zero-order chi connectivity index (χ0) is 20.1. The van der Waals surface area contributed by atoms with Gasteiger partial charge in [-0.1, -0.05) is 6.07 Å². The van der Waals surface area contributed by atoms with Gasteiger partial charge in [0.1, 0.15) is 29.5 Å². The predicted molar refractivity (Wildman–Crippen MR) is 102 cm³/mol. The zero-order valence-electron chi connectivity index (χ0n) is 15.1. The van der Waals surface area contributed by atoms with Crippen molar-refractivity contribution in [3.05, 3.63) is 41.2 Å². The highest BCUT2D eigenvalue weighted by molar-refractivity contribution is 6.17. The highest BCUT2D eigenvalue weighted by Gasteiger charge is 2.19. The van der Waals surface area contributed by atoms with Crippen LogP contribution in [0.25, 0.3) is 0 Å². The summed E-state index contributed by atoms with van der Waals surface area (Å²) in [6.45, 7) is 3.85. The lowest BCUT2D eigenvalue weighted by atomic mass is 10.0. The van der Waals surface area contributed by atoms with E-state index in [0.29, 0.717) is 16.9 Å². The van der Waals surface area contributed by atoms with E-state index in [4.69, 9.17) is 16.6 Å². The molecule has 0 spiro atoms. The first-order valence-corrected chi connectivity index (χ1v) is 7.97. The summed E-state index contributed by atoms with van der Waals surface area (Å²) >= 11 is 0. The van der Waals surface area contributed by atoms with Crippen molar-refractivity contribution in [2.24, 2.45) is 0 Å². The minimum absolute atomic E-state index is 0.00515. The number of carbonyl (C=O) groups excluding carboxylic acids is 1. The van der Waals surface area contributed by atoms with Crippen LogP contribution >= 0.6 is 0 Å². The quantitative estimate of drug-likeness (QED) is 0.343. The summed E-state index contributed by atoms with van der Waals surface area (Å²) < 4.78 is 4.42. The Bertz CT molecular complexity index is 896. The Morgan fingerprint density at radius 3 is 2.59 bits per heavy atom. The number of rotatable bonds is 5. The minimum atomic E-state index is -0.824. The molecular formula is C17H21N7O3. The van der Waals surface area contributed by atoms with Crippen molar-refractivity contribution >= 4 is 29.3 Å². The normalized spacial score (nSPS) is 10.4. The van der Waals surface area contributed by atoms with Crippen molar-refractivity contribution in [1.29, 1.82) is 10.8 Å². The molecule has 142 valence electrons. The number of methoxy groups -OCH3 is 1. The van der Waals surface area contributed by atoms with E-state index in [1.165, 1.54) is 31.6 Å². The number of phenols is 1. The Kier molecular flexibility index (Phi) is 5.91. The van der Waals surface area contributed by atoms with Gasteiger partial charge in [-0.05, 0) is 26.0 Å². The van der Waals surface area contributed by atoms with Crippen LogP contribution in [0.3, 0.4) is 0 Å². The molecule has 0 atom stereocenters. The lowest BCUT2D eigenvalue weighted by Crippen LogP contribution is -2.30. The third kappa shape index (κ3) is 4.48. The molecule has 0 fully saturated rings. The number of amides is 1. The summed E-state index contributed by atoms with van der Waals surface area (Å²) in [5.74, 6) is -0.0809. The molecule has 1 aromatic carbocycles. The maximum Gasteiger partial charge on any atom is 0.412 e. The number of anilines is 2. The summed E-state index contributed by atoms with van der Waals surface area (Å²) in [5.41, 5.74) is 6.66. The average molecular weight is 371 g/mol. The Hall–Kier alpha value is -3.69. The lowest BCUT2D eigenvalue weighted by molar-refractivity contribution is 0.177. The molecule has 0 aliphatic carbocycles. The highest BCUT2D eigenvalue weighted by Crippen LogP contribution is 2.25. The largest absolute Gasteiger partial charge is 0.507 e. The molecule has 0 unspecified atom stereocenters. The number of benzene rings is 1. The number of nitrogens with two attached hydrogens (primary N) is 1. The molecule has 0 bridgehead atoms. The van der Waals surface area contributed by atoms with Gasteiger partial charge in [0.05, 0.1) is 23.9 Å². The number of aromatic hydroxyl groups is 1. The maximum absolute atomic E-state index is 11.2. The Labute approximate surface area is 155 Å². The third-order valence-corrected chi connectivity index (χ3v) is 3.52. The number of hydrogen-bond acceptors (Lipinski definition) is 9. The molecule has 27 heavy (non-hydrogen) atoms. The predicted octanol–water partition coefficient (Wildman–Crippen LogP) is 1.68. The average Bonchev–Trinajstić information content (AvgIpc) is 2.60. The van der Waals surface area contributed by atoms with Crippen molar-refractivity contribution in [1.82, 2.24) is 15.3 Å². The fourth-order valence-corrected chi connectivity index (χ4v) is 2.29. The van der Waals surface area contributed by atoms with E-state index in [9.17, 15) is 9.90 Å². The highest BCUT2D eigenvalue weighted by atomic mass is 16.5. The molecule has 0 saturated heterocycles. The van der Waals surface area contributed by atoms with E-state index in [-0.39, 0.29) is 34.7 Å². The van der Waals surface area contributed by atoms with Gasteiger partial charge in [-0.3, -0.25) is 16.1 Å². The van der Waals surface area contributed by atoms with Crippen LogP contribution in [-0.2, 0) is 4.74 Å². The van der Waals surface area contributed by atoms with Gasteiger partial charge in [-0.2, -0.15) is 0 Å². The number of amidine groups is 1. The molecule has 2 aromatic rings. The number of alkyl carbamates (subject to hydrolysis) is 1. The topological polar surface area (TPSA) is 170 Å². The van der Waals surface area contributed by atoms with Crippen LogP contribution in [0.2, 0.25) is 0 Å². The second-order valence-electron chi connectivity index (χ2n) is 5.88. The lowest BCUT2D eigenvalue weighted by Gasteiger charge is -2.16. The van der Waals surface area contributed by atoms with Crippen LogP contribution in [0.4, 0.5) is 16.4 Å². The Morgan fingerprint density at radius 2 is 2.00 bits per heavy atom. The van der Waals surface area contributed by atoms with E-state index in [2.05, 4.69) is 25.3 Å².